The summed E-state index contributed by atoms with van der Waals surface area (Å²) in [4.78, 5) is 0. The number of rotatable bonds is 2. The largest absolute Gasteiger partial charge is 0.207 e. The molecule has 0 bridgehead atoms. The molecule has 0 aliphatic carbocycles. The van der Waals surface area contributed by atoms with Crippen molar-refractivity contribution < 1.29 is 4.39 Å². The van der Waals surface area contributed by atoms with E-state index >= 15 is 0 Å². The molecule has 104 valence electrons. The second-order valence-corrected chi connectivity index (χ2v) is 5.35. The Bertz CT molecular complexity index is 770. The zero-order valence-electron chi connectivity index (χ0n) is 12.2. The monoisotopic (exact) mass is 276 g/mol. The van der Waals surface area contributed by atoms with Crippen molar-refractivity contribution >= 4 is 0 Å². The molecule has 0 atom stereocenters. The van der Waals surface area contributed by atoms with Gasteiger partial charge in [-0.3, -0.25) is 0 Å². The number of aryl methyl sites for hydroxylation is 2. The zero-order chi connectivity index (χ0) is 14.8. The summed E-state index contributed by atoms with van der Waals surface area (Å²) in [5, 5.41) is 0. The van der Waals surface area contributed by atoms with Crippen molar-refractivity contribution in [1.29, 1.82) is 0 Å². The van der Waals surface area contributed by atoms with Gasteiger partial charge in [0.1, 0.15) is 5.82 Å². The molecular formula is C20H17F. The second kappa shape index (κ2) is 5.53. The highest BCUT2D eigenvalue weighted by molar-refractivity contribution is 5.75. The third-order valence-electron chi connectivity index (χ3n) is 3.84. The summed E-state index contributed by atoms with van der Waals surface area (Å²) in [5.41, 5.74) is 7.17. The van der Waals surface area contributed by atoms with Crippen LogP contribution in [0.25, 0.3) is 22.3 Å². The van der Waals surface area contributed by atoms with Gasteiger partial charge in [-0.05, 0) is 59.4 Å². The molecule has 1 heteroatoms. The minimum Gasteiger partial charge on any atom is -0.207 e. The summed E-state index contributed by atoms with van der Waals surface area (Å²) in [6.45, 7) is 4.25. The Hall–Kier alpha value is -2.41. The van der Waals surface area contributed by atoms with E-state index in [9.17, 15) is 4.39 Å². The molecule has 0 unspecified atom stereocenters. The highest BCUT2D eigenvalue weighted by Gasteiger charge is 2.06. The minimum atomic E-state index is -0.202. The molecule has 3 aromatic rings. The van der Waals surface area contributed by atoms with Gasteiger partial charge in [0.2, 0.25) is 0 Å². The molecule has 3 rings (SSSR count). The molecule has 3 aromatic carbocycles. The molecule has 21 heavy (non-hydrogen) atoms. The average molecular weight is 276 g/mol. The van der Waals surface area contributed by atoms with E-state index in [4.69, 9.17) is 0 Å². The molecule has 0 amide bonds. The summed E-state index contributed by atoms with van der Waals surface area (Å²) in [7, 11) is 0. The van der Waals surface area contributed by atoms with Crippen LogP contribution < -0.4 is 0 Å². The molecule has 0 saturated heterocycles. The van der Waals surface area contributed by atoms with Gasteiger partial charge in [-0.25, -0.2) is 4.39 Å². The fourth-order valence-electron chi connectivity index (χ4n) is 2.66. The molecule has 0 N–H and O–H groups in total. The van der Waals surface area contributed by atoms with Crippen LogP contribution >= 0.6 is 0 Å². The van der Waals surface area contributed by atoms with E-state index in [2.05, 4.69) is 56.3 Å². The van der Waals surface area contributed by atoms with Crippen molar-refractivity contribution in [1.82, 2.24) is 0 Å². The molecule has 0 aliphatic heterocycles. The predicted molar refractivity (Wildman–Crippen MR) is 86.7 cm³/mol. The lowest BCUT2D eigenvalue weighted by atomic mass is 9.93. The first-order valence-corrected chi connectivity index (χ1v) is 7.08. The first-order valence-electron chi connectivity index (χ1n) is 7.08. The van der Waals surface area contributed by atoms with E-state index in [0.717, 1.165) is 11.1 Å². The lowest BCUT2D eigenvalue weighted by molar-refractivity contribution is 0.628. The van der Waals surface area contributed by atoms with Crippen LogP contribution in [0.5, 0.6) is 0 Å². The third kappa shape index (κ3) is 2.73. The Balaban J connectivity index is 2.04. The summed E-state index contributed by atoms with van der Waals surface area (Å²) >= 11 is 0. The molecule has 0 heterocycles. The summed E-state index contributed by atoms with van der Waals surface area (Å²) in [6, 6.07) is 21.4. The maximum absolute atomic E-state index is 13.0. The van der Waals surface area contributed by atoms with Gasteiger partial charge in [-0.2, -0.15) is 0 Å². The maximum atomic E-state index is 13.0. The second-order valence-electron chi connectivity index (χ2n) is 5.35. The summed E-state index contributed by atoms with van der Waals surface area (Å²) in [6.07, 6.45) is 0. The highest BCUT2D eigenvalue weighted by Crippen LogP contribution is 2.30. The average Bonchev–Trinajstić information content (AvgIpc) is 2.49. The molecule has 0 radical (unpaired) electrons. The van der Waals surface area contributed by atoms with Crippen LogP contribution in [0, 0.1) is 19.7 Å². The van der Waals surface area contributed by atoms with Gasteiger partial charge < -0.3 is 0 Å². The van der Waals surface area contributed by atoms with Crippen molar-refractivity contribution in [3.8, 4) is 22.3 Å². The SMILES string of the molecule is Cc1ccccc1-c1ccc(-c2ccc(F)cc2)cc1C. The lowest BCUT2D eigenvalue weighted by Gasteiger charge is -2.11. The topological polar surface area (TPSA) is 0 Å². The van der Waals surface area contributed by atoms with Crippen LogP contribution in [0.2, 0.25) is 0 Å². The normalized spacial score (nSPS) is 10.6. The molecule has 0 saturated carbocycles. The Morgan fingerprint density at radius 1 is 0.619 bits per heavy atom. The molecule has 0 nitrogen and oxygen atoms in total. The lowest BCUT2D eigenvalue weighted by Crippen LogP contribution is -1.88. The number of benzene rings is 3. The Morgan fingerprint density at radius 3 is 1.90 bits per heavy atom. The van der Waals surface area contributed by atoms with Crippen molar-refractivity contribution in [3.05, 3.63) is 83.7 Å². The van der Waals surface area contributed by atoms with E-state index in [-0.39, 0.29) is 5.82 Å². The number of hydrogen-bond acceptors (Lipinski definition) is 0. The quantitative estimate of drug-likeness (QED) is 0.557. The van der Waals surface area contributed by atoms with Gasteiger partial charge in [-0.15, -0.1) is 0 Å². The molecule has 0 spiro atoms. The summed E-state index contributed by atoms with van der Waals surface area (Å²) < 4.78 is 13.0. The van der Waals surface area contributed by atoms with Crippen molar-refractivity contribution in [2.45, 2.75) is 13.8 Å². The standard InChI is InChI=1S/C20H17F/c1-14-5-3-4-6-19(14)20-12-9-17(13-15(20)2)16-7-10-18(21)11-8-16/h3-13H,1-2H3. The highest BCUT2D eigenvalue weighted by atomic mass is 19.1. The van der Waals surface area contributed by atoms with Crippen LogP contribution in [-0.2, 0) is 0 Å². The van der Waals surface area contributed by atoms with Gasteiger partial charge in [0, 0.05) is 0 Å². The van der Waals surface area contributed by atoms with Crippen LogP contribution in [0.3, 0.4) is 0 Å². The van der Waals surface area contributed by atoms with Crippen LogP contribution in [0.4, 0.5) is 4.39 Å². The smallest absolute Gasteiger partial charge is 0.123 e. The van der Waals surface area contributed by atoms with Crippen LogP contribution in [-0.4, -0.2) is 0 Å². The molecule has 0 aliphatic rings. The van der Waals surface area contributed by atoms with Crippen LogP contribution in [0.15, 0.2) is 66.7 Å². The first kappa shape index (κ1) is 13.6. The van der Waals surface area contributed by atoms with Gasteiger partial charge in [-0.1, -0.05) is 54.6 Å². The van der Waals surface area contributed by atoms with E-state index in [1.54, 1.807) is 0 Å². The number of halogens is 1. The van der Waals surface area contributed by atoms with Crippen molar-refractivity contribution in [3.63, 3.8) is 0 Å². The van der Waals surface area contributed by atoms with Crippen molar-refractivity contribution in [2.75, 3.05) is 0 Å². The molecular weight excluding hydrogens is 259 g/mol. The summed E-state index contributed by atoms with van der Waals surface area (Å²) in [5.74, 6) is -0.202. The van der Waals surface area contributed by atoms with E-state index in [1.807, 2.05) is 12.1 Å². The van der Waals surface area contributed by atoms with Crippen LogP contribution in [0.1, 0.15) is 11.1 Å². The minimum absolute atomic E-state index is 0.202. The third-order valence-corrected chi connectivity index (χ3v) is 3.84. The maximum Gasteiger partial charge on any atom is 0.123 e. The van der Waals surface area contributed by atoms with Gasteiger partial charge >= 0.3 is 0 Å². The fraction of sp³-hybridized carbons (Fsp3) is 0.100. The van der Waals surface area contributed by atoms with Gasteiger partial charge in [0.15, 0.2) is 0 Å². The van der Waals surface area contributed by atoms with E-state index in [0.29, 0.717) is 0 Å². The van der Waals surface area contributed by atoms with E-state index < -0.39 is 0 Å². The predicted octanol–water partition coefficient (Wildman–Crippen LogP) is 5.78. The van der Waals surface area contributed by atoms with E-state index in [1.165, 1.54) is 34.4 Å². The molecule has 0 aromatic heterocycles. The Kier molecular flexibility index (Phi) is 3.57. The van der Waals surface area contributed by atoms with Gasteiger partial charge in [0.25, 0.3) is 0 Å². The van der Waals surface area contributed by atoms with Gasteiger partial charge in [0.05, 0.1) is 0 Å². The fourth-order valence-corrected chi connectivity index (χ4v) is 2.66. The molecule has 0 fully saturated rings. The Morgan fingerprint density at radius 2 is 1.24 bits per heavy atom. The first-order chi connectivity index (χ1) is 10.1. The zero-order valence-corrected chi connectivity index (χ0v) is 12.2. The number of hydrogen-bond donors (Lipinski definition) is 0. The Labute approximate surface area is 124 Å². The van der Waals surface area contributed by atoms with Crippen molar-refractivity contribution in [2.24, 2.45) is 0 Å².